The van der Waals surface area contributed by atoms with Crippen LogP contribution in [0.25, 0.3) is 21.9 Å². The van der Waals surface area contributed by atoms with Crippen molar-refractivity contribution >= 4 is 51.4 Å². The molecule has 0 radical (unpaired) electrons. The molecule has 0 bridgehead atoms. The molecule has 7 rings (SSSR count). The van der Waals surface area contributed by atoms with Gasteiger partial charge in [0.05, 0.1) is 0 Å². The van der Waals surface area contributed by atoms with E-state index in [1.54, 1.807) is 6.07 Å². The van der Waals surface area contributed by atoms with Crippen molar-refractivity contribution in [3.8, 4) is 11.1 Å². The molecule has 0 nitrogen and oxygen atoms in total. The molecule has 0 atom stereocenters. The van der Waals surface area contributed by atoms with Gasteiger partial charge < -0.3 is 0 Å². The number of fused-ring (bicyclic) bond motifs is 4. The van der Waals surface area contributed by atoms with Crippen molar-refractivity contribution in [2.45, 2.75) is 65.2 Å². The first-order valence-electron chi connectivity index (χ1n) is 15.3. The van der Waals surface area contributed by atoms with Crippen LogP contribution in [-0.4, -0.2) is 4.21 Å². The Bertz CT molecular complexity index is 1570. The summed E-state index contributed by atoms with van der Waals surface area (Å²) in [6.45, 7) is 13.6. The van der Waals surface area contributed by atoms with Gasteiger partial charge in [-0.25, -0.2) is 12.2 Å². The first kappa shape index (κ1) is 42.5. The summed E-state index contributed by atoms with van der Waals surface area (Å²) in [6.07, 6.45) is 11.0. The molecule has 2 aliphatic carbocycles. The van der Waals surface area contributed by atoms with Gasteiger partial charge in [-0.1, -0.05) is 93.4 Å². The van der Waals surface area contributed by atoms with Crippen LogP contribution in [0.15, 0.2) is 115 Å². The maximum absolute atomic E-state index is 5.51. The van der Waals surface area contributed by atoms with Gasteiger partial charge in [-0.15, -0.1) is 84.0 Å². The average molecular weight is 759 g/mol. The fraction of sp³-hybridized carbons (Fsp3) is 0.233. The molecule has 2 aliphatic rings. The molecule has 0 spiro atoms. The monoisotopic (exact) mass is 756 g/mol. The molecule has 0 N–H and O–H groups in total. The zero-order chi connectivity index (χ0) is 32.9. The van der Waals surface area contributed by atoms with Crippen LogP contribution in [0.2, 0.25) is 5.02 Å². The van der Waals surface area contributed by atoms with Gasteiger partial charge in [-0.3, -0.25) is 6.08 Å². The second-order valence-electron chi connectivity index (χ2n) is 12.8. The van der Waals surface area contributed by atoms with Crippen molar-refractivity contribution in [3.63, 3.8) is 0 Å². The normalized spacial score (nSPS) is 11.6. The Hall–Kier alpha value is -2.54. The summed E-state index contributed by atoms with van der Waals surface area (Å²) in [5.41, 5.74) is 8.76. The zero-order valence-corrected chi connectivity index (χ0v) is 33.1. The number of rotatable bonds is 0. The van der Waals surface area contributed by atoms with Crippen LogP contribution in [0.4, 0.5) is 0 Å². The topological polar surface area (TPSA) is 0 Å². The van der Waals surface area contributed by atoms with Crippen LogP contribution >= 0.6 is 36.4 Å². The summed E-state index contributed by atoms with van der Waals surface area (Å²) in [4.78, 5) is 0. The van der Waals surface area contributed by atoms with Crippen molar-refractivity contribution in [3.05, 3.63) is 167 Å². The van der Waals surface area contributed by atoms with E-state index in [0.29, 0.717) is 0 Å². The van der Waals surface area contributed by atoms with Crippen LogP contribution in [0, 0.1) is 24.3 Å². The minimum Gasteiger partial charge on any atom is -0.147 e. The fourth-order valence-corrected chi connectivity index (χ4v) is 4.90. The SMILES string of the molecule is CC(C)(C)c1c[c-]c2c(c1)-c1cc(C(C)(C)C)ccc1C2.Cl.Cl.Clc1c[c-]ccc1.[C-]1=CC=CC1.[CH2]=[Zr].[c-]1cccc2ccccc12. The van der Waals surface area contributed by atoms with Crippen molar-refractivity contribution in [1.29, 1.82) is 0 Å². The maximum Gasteiger partial charge on any atom is -0.0801 e. The number of benzene rings is 5. The average Bonchev–Trinajstić information content (AvgIpc) is 3.74. The van der Waals surface area contributed by atoms with Crippen LogP contribution in [0.3, 0.4) is 0 Å². The van der Waals surface area contributed by atoms with E-state index >= 15 is 0 Å². The van der Waals surface area contributed by atoms with Crippen molar-refractivity contribution in [2.24, 2.45) is 0 Å². The number of hydrogen-bond donors (Lipinski definition) is 0. The Morgan fingerprint density at radius 1 is 0.723 bits per heavy atom. The van der Waals surface area contributed by atoms with Crippen LogP contribution in [0.1, 0.15) is 70.2 Å². The van der Waals surface area contributed by atoms with Gasteiger partial charge in [-0.05, 0) is 17.4 Å². The van der Waals surface area contributed by atoms with E-state index in [4.69, 9.17) is 11.6 Å². The summed E-state index contributed by atoms with van der Waals surface area (Å²) in [7, 11) is 0. The van der Waals surface area contributed by atoms with Crippen molar-refractivity contribution < 1.29 is 24.2 Å². The predicted octanol–water partition coefficient (Wildman–Crippen LogP) is 12.5. The molecule has 0 fully saturated rings. The molecule has 0 heterocycles. The molecule has 0 amide bonds. The van der Waals surface area contributed by atoms with E-state index in [1.807, 2.05) is 54.6 Å². The summed E-state index contributed by atoms with van der Waals surface area (Å²) >= 11 is 6.81. The van der Waals surface area contributed by atoms with E-state index in [-0.39, 0.29) is 35.6 Å². The van der Waals surface area contributed by atoms with E-state index in [1.165, 1.54) is 68.4 Å². The maximum atomic E-state index is 5.51. The second kappa shape index (κ2) is 20.7. The number of allylic oxidation sites excluding steroid dienone is 4. The van der Waals surface area contributed by atoms with E-state index < -0.39 is 0 Å². The summed E-state index contributed by atoms with van der Waals surface area (Å²) in [6, 6.07) is 42.5. The van der Waals surface area contributed by atoms with Gasteiger partial charge in [0.1, 0.15) is 0 Å². The number of hydrogen-bond acceptors (Lipinski definition) is 0. The van der Waals surface area contributed by atoms with Crippen LogP contribution < -0.4 is 0 Å². The van der Waals surface area contributed by atoms with Gasteiger partial charge in [0.25, 0.3) is 0 Å². The van der Waals surface area contributed by atoms with Crippen LogP contribution in [-0.2, 0) is 41.5 Å². The van der Waals surface area contributed by atoms with Gasteiger partial charge in [-0.2, -0.15) is 77.3 Å². The standard InChI is InChI=1S/C21H25.C10H7.C6H4Cl.C5H5.CH2.2ClH.Zr/c1-20(2,3)16-9-7-14-11-15-8-10-17(21(4,5)6)13-19(15)18(14)12-16;1-2-6-10-8-4-3-7-9(10)5-1;7-6-4-2-1-3-5-6;1-2-4-5-3-1;;;;/h7,9-10,12-13H,11H2,1-6H3;1-7H;1-2,4-5H;1-3H,4H2;1H2;2*1H;/q4*-1;;;;. The Morgan fingerprint density at radius 3 is 1.91 bits per heavy atom. The molecular formula is C43H45Cl3Zr-4. The molecule has 0 saturated carbocycles. The first-order valence-corrected chi connectivity index (χ1v) is 17.4. The predicted molar refractivity (Wildman–Crippen MR) is 207 cm³/mol. The van der Waals surface area contributed by atoms with Gasteiger partial charge in [0, 0.05) is 0 Å². The molecule has 4 heteroatoms. The molecule has 5 aromatic rings. The van der Waals surface area contributed by atoms with E-state index in [9.17, 15) is 0 Å². The zero-order valence-electron chi connectivity index (χ0n) is 28.3. The molecule has 47 heavy (non-hydrogen) atoms. The minimum atomic E-state index is 0. The van der Waals surface area contributed by atoms with E-state index in [0.717, 1.165) is 17.9 Å². The summed E-state index contributed by atoms with van der Waals surface area (Å²) in [5, 5.41) is 3.18. The number of halogens is 3. The second-order valence-corrected chi connectivity index (χ2v) is 13.2. The van der Waals surface area contributed by atoms with Crippen molar-refractivity contribution in [2.75, 3.05) is 0 Å². The quantitative estimate of drug-likeness (QED) is 0.135. The molecule has 0 unspecified atom stereocenters. The smallest absolute Gasteiger partial charge is 0.0801 e. The Labute approximate surface area is 316 Å². The van der Waals surface area contributed by atoms with Crippen molar-refractivity contribution in [1.82, 2.24) is 0 Å². The first-order chi connectivity index (χ1) is 21.5. The molecule has 0 aliphatic heterocycles. The van der Waals surface area contributed by atoms with Crippen LogP contribution in [0.5, 0.6) is 0 Å². The molecule has 246 valence electrons. The van der Waals surface area contributed by atoms with Gasteiger partial charge in [0.15, 0.2) is 0 Å². The largest absolute Gasteiger partial charge is 0.147 e. The molecule has 0 aromatic heterocycles. The van der Waals surface area contributed by atoms with E-state index in [2.05, 4.69) is 125 Å². The third kappa shape index (κ3) is 13.5. The molecular weight excluding hydrogens is 714 g/mol. The minimum absolute atomic E-state index is 0. The fourth-order valence-electron chi connectivity index (χ4n) is 4.76. The summed E-state index contributed by atoms with van der Waals surface area (Å²) < 4.78 is 3.34. The van der Waals surface area contributed by atoms with Gasteiger partial charge in [0.2, 0.25) is 0 Å². The Morgan fingerprint density at radius 2 is 1.38 bits per heavy atom. The Balaban J connectivity index is 0.000000352. The molecule has 0 saturated heterocycles. The molecule has 5 aromatic carbocycles. The third-order valence-electron chi connectivity index (χ3n) is 7.35. The third-order valence-corrected chi connectivity index (χ3v) is 7.59. The van der Waals surface area contributed by atoms with Gasteiger partial charge >= 0.3 is 28.4 Å². The summed E-state index contributed by atoms with van der Waals surface area (Å²) in [5.74, 6) is 0. The Kier molecular flexibility index (Phi) is 18.8.